The smallest absolute Gasteiger partial charge is 0.287 e. The van der Waals surface area contributed by atoms with Gasteiger partial charge >= 0.3 is 0 Å². The first-order valence-corrected chi connectivity index (χ1v) is 10.3. The number of rotatable bonds is 7. The van der Waals surface area contributed by atoms with Gasteiger partial charge in [-0.2, -0.15) is 0 Å². The molecule has 1 atom stereocenters. The van der Waals surface area contributed by atoms with Crippen molar-refractivity contribution < 1.29 is 18.7 Å². The Hall–Kier alpha value is -1.33. The molecular weight excluding hydrogens is 487 g/mol. The number of nitrogens with one attached hydrogen (secondary N) is 2. The van der Waals surface area contributed by atoms with E-state index in [0.29, 0.717) is 31.6 Å². The number of hydrogen-bond donors (Lipinski definition) is 2. The van der Waals surface area contributed by atoms with Gasteiger partial charge in [-0.05, 0) is 44.2 Å². The number of halogens is 1. The van der Waals surface area contributed by atoms with Crippen molar-refractivity contribution in [2.45, 2.75) is 44.3 Å². The lowest BCUT2D eigenvalue weighted by Gasteiger charge is -2.35. The van der Waals surface area contributed by atoms with E-state index >= 15 is 0 Å². The molecule has 0 bridgehead atoms. The first kappa shape index (κ1) is 23.9. The number of guanidine groups is 1. The van der Waals surface area contributed by atoms with Gasteiger partial charge in [0.1, 0.15) is 0 Å². The maximum absolute atomic E-state index is 11.8. The van der Waals surface area contributed by atoms with Gasteiger partial charge in [0, 0.05) is 39.8 Å². The second-order valence-electron chi connectivity index (χ2n) is 7.22. The summed E-state index contributed by atoms with van der Waals surface area (Å²) in [6, 6.07) is 3.35. The number of nitrogens with zero attached hydrogens (tertiary/aromatic N) is 2. The van der Waals surface area contributed by atoms with Crippen LogP contribution < -0.4 is 10.6 Å². The van der Waals surface area contributed by atoms with E-state index in [4.69, 9.17) is 13.9 Å². The van der Waals surface area contributed by atoms with Crippen molar-refractivity contribution in [1.29, 1.82) is 0 Å². The van der Waals surface area contributed by atoms with E-state index in [1.807, 2.05) is 0 Å². The van der Waals surface area contributed by atoms with Crippen molar-refractivity contribution in [2.24, 2.45) is 4.99 Å². The Balaban J connectivity index is 0.00000300. The van der Waals surface area contributed by atoms with Crippen LogP contribution in [0.25, 0.3) is 0 Å². The summed E-state index contributed by atoms with van der Waals surface area (Å²) >= 11 is 0. The molecule has 8 nitrogen and oxygen atoms in total. The van der Waals surface area contributed by atoms with Crippen molar-refractivity contribution in [3.8, 4) is 0 Å². The fourth-order valence-corrected chi connectivity index (χ4v) is 3.59. The minimum atomic E-state index is -0.207. The van der Waals surface area contributed by atoms with E-state index in [0.717, 1.165) is 44.9 Å². The molecule has 164 valence electrons. The number of carbonyl (C=O) groups excluding carboxylic acids is 1. The van der Waals surface area contributed by atoms with Crippen molar-refractivity contribution in [3.63, 3.8) is 0 Å². The zero-order valence-electron chi connectivity index (χ0n) is 17.1. The minimum Gasteiger partial charge on any atom is -0.459 e. The number of hydrogen-bond acceptors (Lipinski definition) is 5. The Kier molecular flexibility index (Phi) is 10.8. The van der Waals surface area contributed by atoms with E-state index in [1.54, 1.807) is 19.2 Å². The van der Waals surface area contributed by atoms with Crippen LogP contribution in [0.4, 0.5) is 0 Å². The van der Waals surface area contributed by atoms with Crippen LogP contribution in [-0.4, -0.2) is 75.4 Å². The molecule has 2 saturated heterocycles. The highest BCUT2D eigenvalue weighted by Crippen LogP contribution is 2.17. The number of ether oxygens (including phenoxy) is 2. The SMILES string of the molecule is CN=C(NCCNC(=O)c1ccco1)N1CCC(OCC2CCCCO2)CC1.I. The largest absolute Gasteiger partial charge is 0.459 e. The Labute approximate surface area is 189 Å². The molecule has 2 N–H and O–H groups in total. The number of aliphatic imine (C=N–C) groups is 1. The van der Waals surface area contributed by atoms with Crippen LogP contribution in [0.15, 0.2) is 27.8 Å². The highest BCUT2D eigenvalue weighted by molar-refractivity contribution is 14.0. The summed E-state index contributed by atoms with van der Waals surface area (Å²) in [4.78, 5) is 18.4. The molecule has 0 aromatic carbocycles. The normalized spacial score (nSPS) is 20.8. The predicted molar refractivity (Wildman–Crippen MR) is 122 cm³/mol. The molecule has 9 heteroatoms. The third-order valence-corrected chi connectivity index (χ3v) is 5.18. The molecule has 2 fully saturated rings. The van der Waals surface area contributed by atoms with Crippen molar-refractivity contribution in [3.05, 3.63) is 24.2 Å². The number of furan rings is 1. The highest BCUT2D eigenvalue weighted by atomic mass is 127. The monoisotopic (exact) mass is 520 g/mol. The molecule has 1 aromatic heterocycles. The molecule has 1 unspecified atom stereocenters. The topological polar surface area (TPSA) is 88.3 Å². The van der Waals surface area contributed by atoms with Crippen molar-refractivity contribution >= 4 is 35.8 Å². The van der Waals surface area contributed by atoms with Crippen LogP contribution in [0.2, 0.25) is 0 Å². The summed E-state index contributed by atoms with van der Waals surface area (Å²) in [6.45, 7) is 4.51. The second-order valence-corrected chi connectivity index (χ2v) is 7.22. The Bertz CT molecular complexity index is 612. The van der Waals surface area contributed by atoms with Gasteiger partial charge in [0.2, 0.25) is 0 Å². The fourth-order valence-electron chi connectivity index (χ4n) is 3.59. The lowest BCUT2D eigenvalue weighted by molar-refractivity contribution is -0.0721. The maximum Gasteiger partial charge on any atom is 0.287 e. The van der Waals surface area contributed by atoms with Crippen LogP contribution in [0.5, 0.6) is 0 Å². The van der Waals surface area contributed by atoms with Gasteiger partial charge in [-0.3, -0.25) is 9.79 Å². The zero-order chi connectivity index (χ0) is 19.6. The third kappa shape index (κ3) is 7.78. The third-order valence-electron chi connectivity index (χ3n) is 5.18. The molecule has 1 amide bonds. The molecule has 0 saturated carbocycles. The lowest BCUT2D eigenvalue weighted by atomic mass is 10.1. The molecule has 3 rings (SSSR count). The van der Waals surface area contributed by atoms with Crippen molar-refractivity contribution in [1.82, 2.24) is 15.5 Å². The summed E-state index contributed by atoms with van der Waals surface area (Å²) in [6.07, 6.45) is 7.58. The standard InChI is InChI=1S/C20H32N4O4.HI/c1-21-20(23-10-9-22-19(25)18-6-4-14-27-18)24-11-7-16(8-12-24)28-15-17-5-2-3-13-26-17;/h4,6,14,16-17H,2-3,5,7-13,15H2,1H3,(H,21,23)(H,22,25);1H. The zero-order valence-corrected chi connectivity index (χ0v) is 19.4. The van der Waals surface area contributed by atoms with Crippen LogP contribution >= 0.6 is 24.0 Å². The number of carbonyl (C=O) groups is 1. The molecule has 2 aliphatic heterocycles. The minimum absolute atomic E-state index is 0. The molecule has 2 aliphatic rings. The van der Waals surface area contributed by atoms with E-state index in [2.05, 4.69) is 20.5 Å². The van der Waals surface area contributed by atoms with Gasteiger partial charge in [0.25, 0.3) is 5.91 Å². The van der Waals surface area contributed by atoms with Gasteiger partial charge in [0.15, 0.2) is 11.7 Å². The van der Waals surface area contributed by atoms with E-state index in [9.17, 15) is 4.79 Å². The van der Waals surface area contributed by atoms with Gasteiger partial charge < -0.3 is 29.4 Å². The molecule has 29 heavy (non-hydrogen) atoms. The quantitative estimate of drug-likeness (QED) is 0.248. The van der Waals surface area contributed by atoms with Gasteiger partial charge in [0.05, 0.1) is 25.1 Å². The Morgan fingerprint density at radius 2 is 2.03 bits per heavy atom. The first-order valence-electron chi connectivity index (χ1n) is 10.3. The molecule has 3 heterocycles. The first-order chi connectivity index (χ1) is 13.8. The van der Waals surface area contributed by atoms with E-state index < -0.39 is 0 Å². The van der Waals surface area contributed by atoms with Crippen LogP contribution in [-0.2, 0) is 9.47 Å². The average Bonchev–Trinajstić information content (AvgIpc) is 3.29. The van der Waals surface area contributed by atoms with Gasteiger partial charge in [-0.25, -0.2) is 0 Å². The van der Waals surface area contributed by atoms with Crippen molar-refractivity contribution in [2.75, 3.05) is 46.4 Å². The number of amides is 1. The maximum atomic E-state index is 11.8. The highest BCUT2D eigenvalue weighted by Gasteiger charge is 2.23. The average molecular weight is 520 g/mol. The predicted octanol–water partition coefficient (Wildman–Crippen LogP) is 2.25. The fraction of sp³-hybridized carbons (Fsp3) is 0.700. The molecule has 0 aliphatic carbocycles. The number of piperidine rings is 1. The molecule has 0 radical (unpaired) electrons. The Morgan fingerprint density at radius 3 is 2.69 bits per heavy atom. The summed E-state index contributed by atoms with van der Waals surface area (Å²) in [5.41, 5.74) is 0. The summed E-state index contributed by atoms with van der Waals surface area (Å²) < 4.78 is 16.9. The van der Waals surface area contributed by atoms with Crippen LogP contribution in [0.1, 0.15) is 42.7 Å². The summed E-state index contributed by atoms with van der Waals surface area (Å²) in [7, 11) is 1.78. The van der Waals surface area contributed by atoms with E-state index in [1.165, 1.54) is 19.1 Å². The number of likely N-dealkylation sites (tertiary alicyclic amines) is 1. The molecule has 0 spiro atoms. The van der Waals surface area contributed by atoms with Gasteiger partial charge in [-0.1, -0.05) is 0 Å². The van der Waals surface area contributed by atoms with E-state index in [-0.39, 0.29) is 36.0 Å². The summed E-state index contributed by atoms with van der Waals surface area (Å²) in [5, 5.41) is 6.13. The van der Waals surface area contributed by atoms with Crippen LogP contribution in [0, 0.1) is 0 Å². The van der Waals surface area contributed by atoms with Gasteiger partial charge in [-0.15, -0.1) is 24.0 Å². The molecular formula is C20H33IN4O4. The lowest BCUT2D eigenvalue weighted by Crippen LogP contribution is -2.48. The van der Waals surface area contributed by atoms with Crippen LogP contribution in [0.3, 0.4) is 0 Å². The summed E-state index contributed by atoms with van der Waals surface area (Å²) in [5.74, 6) is 0.980. The second kappa shape index (κ2) is 13.1. The Morgan fingerprint density at radius 1 is 1.24 bits per heavy atom. The molecule has 1 aromatic rings.